The van der Waals surface area contributed by atoms with Gasteiger partial charge in [0.25, 0.3) is 11.5 Å². The van der Waals surface area contributed by atoms with Crippen LogP contribution in [0.3, 0.4) is 0 Å². The molecule has 0 radical (unpaired) electrons. The molecule has 4 aromatic rings. The average Bonchev–Trinajstić information content (AvgIpc) is 3.62. The first kappa shape index (κ1) is 27.8. The van der Waals surface area contributed by atoms with Crippen LogP contribution in [-0.4, -0.2) is 33.0 Å². The molecule has 1 N–H and O–H groups in total. The Labute approximate surface area is 237 Å². The molecule has 5 rings (SSSR count). The Morgan fingerprint density at radius 1 is 1.20 bits per heavy atom. The summed E-state index contributed by atoms with van der Waals surface area (Å²) in [4.78, 5) is 48.1. The fourth-order valence-corrected chi connectivity index (χ4v) is 5.32. The smallest absolute Gasteiger partial charge is 0.308 e. The average molecular weight is 575 g/mol. The van der Waals surface area contributed by atoms with E-state index in [2.05, 4.69) is 16.9 Å². The molecule has 0 saturated heterocycles. The van der Waals surface area contributed by atoms with Gasteiger partial charge in [-0.25, -0.2) is 13.8 Å². The molecule has 1 aliphatic rings. The highest BCUT2D eigenvalue weighted by molar-refractivity contribution is 7.09. The number of rotatable bonds is 10. The number of hydrogen-bond donors (Lipinski definition) is 1. The standard InChI is InChI=1S/C30H24F2N4O4S/c1-2-13-40-27(37)15-25(29-35-26(17-41-29)20-8-10-24-19(20)5-3-11-33-24)34-28(38)21-6-4-12-36(30(21)39)16-18-7-9-22(31)23(32)14-18/h2-9,11-12,14,17,25H,1,10,13,15-16H2,(H,34,38)/t25-/m1/s1. The van der Waals surface area contributed by atoms with Crippen molar-refractivity contribution in [2.24, 2.45) is 0 Å². The summed E-state index contributed by atoms with van der Waals surface area (Å²) in [7, 11) is 0. The molecule has 1 atom stereocenters. The molecular formula is C30H24F2N4O4S. The molecule has 208 valence electrons. The number of thiazole rings is 1. The summed E-state index contributed by atoms with van der Waals surface area (Å²) in [5.41, 5.74) is 3.04. The Bertz CT molecular complexity index is 1730. The number of esters is 1. The van der Waals surface area contributed by atoms with Crippen molar-refractivity contribution in [3.8, 4) is 0 Å². The molecule has 11 heteroatoms. The van der Waals surface area contributed by atoms with Crippen LogP contribution in [0.15, 0.2) is 83.8 Å². The van der Waals surface area contributed by atoms with Crippen LogP contribution in [0.2, 0.25) is 0 Å². The van der Waals surface area contributed by atoms with Crippen LogP contribution in [-0.2, 0) is 22.5 Å². The van der Waals surface area contributed by atoms with Crippen molar-refractivity contribution in [2.45, 2.75) is 25.4 Å². The van der Waals surface area contributed by atoms with E-state index in [0.29, 0.717) is 22.7 Å². The Kier molecular flexibility index (Phi) is 8.25. The van der Waals surface area contributed by atoms with Crippen LogP contribution in [0.1, 0.15) is 50.3 Å². The molecule has 1 aromatic carbocycles. The van der Waals surface area contributed by atoms with Gasteiger partial charge < -0.3 is 14.6 Å². The van der Waals surface area contributed by atoms with Crippen molar-refractivity contribution in [3.63, 3.8) is 0 Å². The Balaban J connectivity index is 1.39. The van der Waals surface area contributed by atoms with Crippen LogP contribution >= 0.6 is 11.3 Å². The molecule has 1 amide bonds. The van der Waals surface area contributed by atoms with E-state index in [0.717, 1.165) is 29.0 Å². The topological polar surface area (TPSA) is 103 Å². The molecule has 8 nitrogen and oxygen atoms in total. The third-order valence-corrected chi connectivity index (χ3v) is 7.37. The summed E-state index contributed by atoms with van der Waals surface area (Å²) in [5, 5.41) is 5.06. The zero-order chi connectivity index (χ0) is 28.9. The van der Waals surface area contributed by atoms with Crippen LogP contribution in [0.25, 0.3) is 5.57 Å². The predicted octanol–water partition coefficient (Wildman–Crippen LogP) is 4.60. The van der Waals surface area contributed by atoms with E-state index in [1.807, 2.05) is 23.6 Å². The summed E-state index contributed by atoms with van der Waals surface area (Å²) in [5.74, 6) is -3.33. The predicted molar refractivity (Wildman–Crippen MR) is 149 cm³/mol. The van der Waals surface area contributed by atoms with E-state index in [9.17, 15) is 23.2 Å². The summed E-state index contributed by atoms with van der Waals surface area (Å²) in [6, 6.07) is 9.12. The van der Waals surface area contributed by atoms with E-state index in [1.54, 1.807) is 6.20 Å². The first-order valence-electron chi connectivity index (χ1n) is 12.6. The number of amides is 1. The Hall–Kier alpha value is -4.77. The maximum Gasteiger partial charge on any atom is 0.308 e. The molecule has 1 aliphatic carbocycles. The van der Waals surface area contributed by atoms with Gasteiger partial charge in [0.05, 0.1) is 30.4 Å². The summed E-state index contributed by atoms with van der Waals surface area (Å²) in [6.45, 7) is 3.47. The number of carbonyl (C=O) groups is 2. The van der Waals surface area contributed by atoms with E-state index in [4.69, 9.17) is 9.72 Å². The summed E-state index contributed by atoms with van der Waals surface area (Å²) >= 11 is 1.27. The van der Waals surface area contributed by atoms with Crippen molar-refractivity contribution in [1.29, 1.82) is 0 Å². The molecule has 0 aliphatic heterocycles. The van der Waals surface area contributed by atoms with Gasteiger partial charge >= 0.3 is 5.97 Å². The number of aromatic nitrogens is 3. The van der Waals surface area contributed by atoms with Gasteiger partial charge in [0, 0.05) is 35.3 Å². The first-order valence-corrected chi connectivity index (χ1v) is 13.5. The quantitative estimate of drug-likeness (QED) is 0.219. The minimum Gasteiger partial charge on any atom is -0.461 e. The molecule has 3 aromatic heterocycles. The molecular weight excluding hydrogens is 550 g/mol. The lowest BCUT2D eigenvalue weighted by Crippen LogP contribution is -2.36. The van der Waals surface area contributed by atoms with Gasteiger partial charge in [-0.3, -0.25) is 19.4 Å². The summed E-state index contributed by atoms with van der Waals surface area (Å²) in [6.07, 6.45) is 7.10. The largest absolute Gasteiger partial charge is 0.461 e. The number of allylic oxidation sites excluding steroid dienone is 1. The van der Waals surface area contributed by atoms with Crippen molar-refractivity contribution in [3.05, 3.63) is 134 Å². The van der Waals surface area contributed by atoms with Gasteiger partial charge in [-0.05, 0) is 35.9 Å². The third-order valence-electron chi connectivity index (χ3n) is 6.42. The van der Waals surface area contributed by atoms with Gasteiger partial charge in [0.1, 0.15) is 17.2 Å². The molecule has 41 heavy (non-hydrogen) atoms. The van der Waals surface area contributed by atoms with Crippen LogP contribution in [0.4, 0.5) is 8.78 Å². The maximum atomic E-state index is 13.7. The zero-order valence-electron chi connectivity index (χ0n) is 21.7. The van der Waals surface area contributed by atoms with Crippen LogP contribution in [0.5, 0.6) is 0 Å². The Morgan fingerprint density at radius 3 is 2.85 bits per heavy atom. The number of ether oxygens (including phenoxy) is 1. The zero-order valence-corrected chi connectivity index (χ0v) is 22.5. The number of nitrogens with zero attached hydrogens (tertiary/aromatic N) is 3. The second-order valence-electron chi connectivity index (χ2n) is 9.20. The van der Waals surface area contributed by atoms with Gasteiger partial charge in [-0.2, -0.15) is 0 Å². The monoisotopic (exact) mass is 574 g/mol. The number of benzene rings is 1. The highest BCUT2D eigenvalue weighted by Gasteiger charge is 2.26. The number of nitrogens with one attached hydrogen (secondary N) is 1. The first-order chi connectivity index (χ1) is 19.8. The highest BCUT2D eigenvalue weighted by Crippen LogP contribution is 2.33. The fraction of sp³-hybridized carbons (Fsp3) is 0.167. The van der Waals surface area contributed by atoms with E-state index < -0.39 is 35.1 Å². The fourth-order valence-electron chi connectivity index (χ4n) is 4.45. The van der Waals surface area contributed by atoms with E-state index >= 15 is 0 Å². The molecule has 0 fully saturated rings. The number of carbonyl (C=O) groups excluding carboxylic acids is 2. The van der Waals surface area contributed by atoms with Gasteiger partial charge in [-0.15, -0.1) is 11.3 Å². The van der Waals surface area contributed by atoms with Crippen LogP contribution in [0, 0.1) is 11.6 Å². The minimum absolute atomic E-state index is 0.00661. The highest BCUT2D eigenvalue weighted by atomic mass is 32.1. The molecule has 3 heterocycles. The van der Waals surface area contributed by atoms with Gasteiger partial charge in [-0.1, -0.05) is 30.9 Å². The molecule has 0 unspecified atom stereocenters. The third kappa shape index (κ3) is 6.20. The second kappa shape index (κ2) is 12.2. The van der Waals surface area contributed by atoms with Gasteiger partial charge in [0.2, 0.25) is 0 Å². The number of hydrogen-bond acceptors (Lipinski definition) is 7. The number of halogens is 2. The lowest BCUT2D eigenvalue weighted by Gasteiger charge is -2.16. The minimum atomic E-state index is -1.04. The molecule has 0 saturated carbocycles. The van der Waals surface area contributed by atoms with Crippen molar-refractivity contribution < 1.29 is 23.1 Å². The lowest BCUT2D eigenvalue weighted by molar-refractivity contribution is -0.142. The number of pyridine rings is 2. The van der Waals surface area contributed by atoms with E-state index in [1.165, 1.54) is 46.4 Å². The lowest BCUT2D eigenvalue weighted by atomic mass is 10.1. The van der Waals surface area contributed by atoms with Crippen molar-refractivity contribution >= 4 is 28.8 Å². The molecule has 0 spiro atoms. The maximum absolute atomic E-state index is 13.7. The van der Waals surface area contributed by atoms with Crippen molar-refractivity contribution in [1.82, 2.24) is 19.9 Å². The van der Waals surface area contributed by atoms with Gasteiger partial charge in [0.15, 0.2) is 11.6 Å². The second-order valence-corrected chi connectivity index (χ2v) is 10.1. The Morgan fingerprint density at radius 2 is 2.05 bits per heavy atom. The van der Waals surface area contributed by atoms with Crippen LogP contribution < -0.4 is 10.9 Å². The molecule has 0 bridgehead atoms. The van der Waals surface area contributed by atoms with Crippen molar-refractivity contribution in [2.75, 3.05) is 6.61 Å². The summed E-state index contributed by atoms with van der Waals surface area (Å²) < 4.78 is 33.3. The van der Waals surface area contributed by atoms with E-state index in [-0.39, 0.29) is 25.1 Å². The number of fused-ring (bicyclic) bond motifs is 1. The normalized spacial score (nSPS) is 12.8. The SMILES string of the molecule is C=CCOC(=O)C[C@@H](NC(=O)c1cccn(Cc2ccc(F)c(F)c2)c1=O)c1nc(C2=CCc3ncccc32)cs1.